The summed E-state index contributed by atoms with van der Waals surface area (Å²) in [6.45, 7) is 5.85. The standard InChI is InChI=1S/C13H15NO4/c1-3-8-18-14(4-2)12(15)10-6-5-7-11(9-10)13(16)17/h3,5-7,9H,1,4,8H2,2H3,(H,16,17). The lowest BCUT2D eigenvalue weighted by Gasteiger charge is -2.19. The van der Waals surface area contributed by atoms with Crippen LogP contribution in [-0.4, -0.2) is 35.2 Å². The topological polar surface area (TPSA) is 66.8 Å². The van der Waals surface area contributed by atoms with E-state index in [0.717, 1.165) is 0 Å². The van der Waals surface area contributed by atoms with Crippen LogP contribution in [0.4, 0.5) is 0 Å². The second-order valence-corrected chi connectivity index (χ2v) is 3.47. The highest BCUT2D eigenvalue weighted by atomic mass is 16.7. The quantitative estimate of drug-likeness (QED) is 0.618. The number of carbonyl (C=O) groups excluding carboxylic acids is 1. The van der Waals surface area contributed by atoms with Gasteiger partial charge in [0.05, 0.1) is 12.2 Å². The fraction of sp³-hybridized carbons (Fsp3) is 0.231. The van der Waals surface area contributed by atoms with Crippen LogP contribution in [0.1, 0.15) is 27.6 Å². The van der Waals surface area contributed by atoms with Crippen LogP contribution in [0.3, 0.4) is 0 Å². The van der Waals surface area contributed by atoms with Crippen molar-refractivity contribution in [2.24, 2.45) is 0 Å². The molecule has 0 atom stereocenters. The van der Waals surface area contributed by atoms with E-state index in [9.17, 15) is 9.59 Å². The van der Waals surface area contributed by atoms with Crippen molar-refractivity contribution in [3.05, 3.63) is 48.0 Å². The molecule has 0 radical (unpaired) electrons. The van der Waals surface area contributed by atoms with Gasteiger partial charge in [-0.2, -0.15) is 0 Å². The third-order valence-electron chi connectivity index (χ3n) is 2.22. The first-order valence-electron chi connectivity index (χ1n) is 5.49. The summed E-state index contributed by atoms with van der Waals surface area (Å²) in [7, 11) is 0. The van der Waals surface area contributed by atoms with Gasteiger partial charge in [0.2, 0.25) is 0 Å². The molecule has 0 saturated heterocycles. The molecule has 0 aliphatic rings. The normalized spacial score (nSPS) is 9.83. The van der Waals surface area contributed by atoms with E-state index in [2.05, 4.69) is 6.58 Å². The Morgan fingerprint density at radius 2 is 2.11 bits per heavy atom. The highest BCUT2D eigenvalue weighted by Gasteiger charge is 2.16. The van der Waals surface area contributed by atoms with Crippen molar-refractivity contribution in [3.8, 4) is 0 Å². The van der Waals surface area contributed by atoms with Crippen molar-refractivity contribution in [2.75, 3.05) is 13.2 Å². The number of carbonyl (C=O) groups is 2. The number of carboxylic acids is 1. The van der Waals surface area contributed by atoms with Crippen LogP contribution in [0.5, 0.6) is 0 Å². The Bertz CT molecular complexity index is 456. The van der Waals surface area contributed by atoms with Crippen LogP contribution >= 0.6 is 0 Å². The molecule has 0 aromatic heterocycles. The number of aromatic carboxylic acids is 1. The van der Waals surface area contributed by atoms with Gasteiger partial charge in [-0.15, -0.1) is 6.58 Å². The number of hydrogen-bond acceptors (Lipinski definition) is 3. The van der Waals surface area contributed by atoms with E-state index in [1.54, 1.807) is 13.0 Å². The molecule has 0 fully saturated rings. The predicted octanol–water partition coefficient (Wildman–Crippen LogP) is 1.96. The molecule has 18 heavy (non-hydrogen) atoms. The lowest BCUT2D eigenvalue weighted by atomic mass is 10.1. The molecular weight excluding hydrogens is 234 g/mol. The molecule has 0 spiro atoms. The molecular formula is C13H15NO4. The fourth-order valence-electron chi connectivity index (χ4n) is 1.37. The Labute approximate surface area is 105 Å². The number of rotatable bonds is 6. The van der Waals surface area contributed by atoms with Gasteiger partial charge in [-0.05, 0) is 25.1 Å². The maximum Gasteiger partial charge on any atom is 0.335 e. The minimum Gasteiger partial charge on any atom is -0.478 e. The molecule has 0 bridgehead atoms. The largest absolute Gasteiger partial charge is 0.478 e. The number of hydrogen-bond donors (Lipinski definition) is 1. The average Bonchev–Trinajstić information content (AvgIpc) is 2.39. The van der Waals surface area contributed by atoms with Crippen molar-refractivity contribution in [1.82, 2.24) is 5.06 Å². The zero-order valence-electron chi connectivity index (χ0n) is 10.1. The van der Waals surface area contributed by atoms with Crippen molar-refractivity contribution < 1.29 is 19.5 Å². The van der Waals surface area contributed by atoms with E-state index < -0.39 is 5.97 Å². The van der Waals surface area contributed by atoms with E-state index in [4.69, 9.17) is 9.94 Å². The van der Waals surface area contributed by atoms with E-state index in [1.165, 1.54) is 29.3 Å². The lowest BCUT2D eigenvalue weighted by Crippen LogP contribution is -2.31. The van der Waals surface area contributed by atoms with Crippen molar-refractivity contribution >= 4 is 11.9 Å². The average molecular weight is 249 g/mol. The maximum atomic E-state index is 12.0. The minimum atomic E-state index is -1.07. The van der Waals surface area contributed by atoms with Gasteiger partial charge in [0.15, 0.2) is 0 Å². The zero-order valence-corrected chi connectivity index (χ0v) is 10.1. The summed E-state index contributed by atoms with van der Waals surface area (Å²) in [5, 5.41) is 10.0. The van der Waals surface area contributed by atoms with E-state index >= 15 is 0 Å². The predicted molar refractivity (Wildman–Crippen MR) is 66.3 cm³/mol. The Balaban J connectivity index is 2.90. The number of nitrogens with zero attached hydrogens (tertiary/aromatic N) is 1. The smallest absolute Gasteiger partial charge is 0.335 e. The summed E-state index contributed by atoms with van der Waals surface area (Å²) >= 11 is 0. The molecule has 0 aliphatic carbocycles. The molecule has 0 saturated carbocycles. The summed E-state index contributed by atoms with van der Waals surface area (Å²) in [6, 6.07) is 5.83. The van der Waals surface area contributed by atoms with Crippen LogP contribution in [-0.2, 0) is 4.84 Å². The lowest BCUT2D eigenvalue weighted by molar-refractivity contribution is -0.108. The number of benzene rings is 1. The Kier molecular flexibility index (Phi) is 5.07. The van der Waals surface area contributed by atoms with Crippen molar-refractivity contribution in [1.29, 1.82) is 0 Å². The Morgan fingerprint density at radius 3 is 2.67 bits per heavy atom. The molecule has 0 heterocycles. The number of hydroxylamine groups is 2. The molecule has 1 N–H and O–H groups in total. The van der Waals surface area contributed by atoms with Crippen LogP contribution in [0.25, 0.3) is 0 Å². The first-order valence-corrected chi connectivity index (χ1v) is 5.49. The van der Waals surface area contributed by atoms with E-state index in [-0.39, 0.29) is 23.6 Å². The van der Waals surface area contributed by atoms with Crippen LogP contribution in [0.15, 0.2) is 36.9 Å². The highest BCUT2D eigenvalue weighted by Crippen LogP contribution is 2.09. The monoisotopic (exact) mass is 249 g/mol. The van der Waals surface area contributed by atoms with Gasteiger partial charge in [-0.25, -0.2) is 9.86 Å². The minimum absolute atomic E-state index is 0.0700. The molecule has 96 valence electrons. The summed E-state index contributed by atoms with van der Waals surface area (Å²) in [5.74, 6) is -1.44. The van der Waals surface area contributed by atoms with E-state index in [0.29, 0.717) is 6.54 Å². The van der Waals surface area contributed by atoms with Gasteiger partial charge in [0.25, 0.3) is 5.91 Å². The van der Waals surface area contributed by atoms with E-state index in [1.807, 2.05) is 0 Å². The third-order valence-corrected chi connectivity index (χ3v) is 2.22. The van der Waals surface area contributed by atoms with Crippen LogP contribution < -0.4 is 0 Å². The molecule has 5 nitrogen and oxygen atoms in total. The first-order chi connectivity index (χ1) is 8.60. The molecule has 0 aliphatic heterocycles. The number of carboxylic acid groups (broad SMARTS) is 1. The van der Waals surface area contributed by atoms with Crippen LogP contribution in [0.2, 0.25) is 0 Å². The second-order valence-electron chi connectivity index (χ2n) is 3.47. The number of amides is 1. The molecule has 1 aromatic rings. The molecule has 0 unspecified atom stereocenters. The second kappa shape index (κ2) is 6.56. The van der Waals surface area contributed by atoms with Crippen molar-refractivity contribution in [3.63, 3.8) is 0 Å². The maximum absolute atomic E-state index is 12.0. The molecule has 1 aromatic carbocycles. The summed E-state index contributed by atoms with van der Waals surface area (Å²) in [5.41, 5.74) is 0.349. The molecule has 1 amide bonds. The van der Waals surface area contributed by atoms with Gasteiger partial charge < -0.3 is 5.11 Å². The van der Waals surface area contributed by atoms with Gasteiger partial charge in [0, 0.05) is 12.1 Å². The zero-order chi connectivity index (χ0) is 13.5. The SMILES string of the molecule is C=CCON(CC)C(=O)c1cccc(C(=O)O)c1. The fourth-order valence-corrected chi connectivity index (χ4v) is 1.37. The third kappa shape index (κ3) is 3.43. The Hall–Kier alpha value is -2.14. The van der Waals surface area contributed by atoms with Gasteiger partial charge in [-0.3, -0.25) is 9.63 Å². The van der Waals surface area contributed by atoms with Crippen molar-refractivity contribution in [2.45, 2.75) is 6.92 Å². The molecule has 1 rings (SSSR count). The van der Waals surface area contributed by atoms with Crippen LogP contribution in [0, 0.1) is 0 Å². The van der Waals surface area contributed by atoms with Gasteiger partial charge >= 0.3 is 5.97 Å². The molecule has 5 heteroatoms. The first kappa shape index (κ1) is 13.9. The van der Waals surface area contributed by atoms with Gasteiger partial charge in [-0.1, -0.05) is 12.1 Å². The summed E-state index contributed by atoms with van der Waals surface area (Å²) in [4.78, 5) is 28.0. The Morgan fingerprint density at radius 1 is 1.44 bits per heavy atom. The summed E-state index contributed by atoms with van der Waals surface area (Å²) < 4.78 is 0. The highest BCUT2D eigenvalue weighted by molar-refractivity contribution is 5.96. The summed E-state index contributed by atoms with van der Waals surface area (Å²) in [6.07, 6.45) is 1.53. The van der Waals surface area contributed by atoms with Gasteiger partial charge in [0.1, 0.15) is 0 Å².